The van der Waals surface area contributed by atoms with Crippen LogP contribution in [0.5, 0.6) is 0 Å². The highest BCUT2D eigenvalue weighted by molar-refractivity contribution is 5.93. The van der Waals surface area contributed by atoms with Crippen LogP contribution in [-0.2, 0) is 4.79 Å². The van der Waals surface area contributed by atoms with Crippen molar-refractivity contribution in [3.05, 3.63) is 59.7 Å². The van der Waals surface area contributed by atoms with Gasteiger partial charge in [-0.1, -0.05) is 18.2 Å². The van der Waals surface area contributed by atoms with Gasteiger partial charge in [0.25, 0.3) is 0 Å². The van der Waals surface area contributed by atoms with Crippen LogP contribution in [0.3, 0.4) is 0 Å². The van der Waals surface area contributed by atoms with Gasteiger partial charge in [-0.05, 0) is 49.2 Å². The van der Waals surface area contributed by atoms with E-state index >= 15 is 0 Å². The van der Waals surface area contributed by atoms with E-state index in [4.69, 9.17) is 5.11 Å². The minimum absolute atomic E-state index is 0.0409. The normalized spacial score (nSPS) is 19.5. The summed E-state index contributed by atoms with van der Waals surface area (Å²) in [6, 6.07) is 14.8. The summed E-state index contributed by atoms with van der Waals surface area (Å²) >= 11 is 0. The smallest absolute Gasteiger partial charge is 0.335 e. The summed E-state index contributed by atoms with van der Waals surface area (Å²) in [6.07, 6.45) is 0.789. The van der Waals surface area contributed by atoms with Crippen molar-refractivity contribution in [2.75, 3.05) is 10.2 Å². The van der Waals surface area contributed by atoms with Gasteiger partial charge in [-0.3, -0.25) is 4.79 Å². The Morgan fingerprint density at radius 1 is 1.12 bits per heavy atom. The molecule has 0 spiro atoms. The Morgan fingerprint density at radius 2 is 1.79 bits per heavy atom. The van der Waals surface area contributed by atoms with Gasteiger partial charge in [0.1, 0.15) is 0 Å². The Hall–Kier alpha value is -2.82. The lowest BCUT2D eigenvalue weighted by Gasteiger charge is -2.39. The summed E-state index contributed by atoms with van der Waals surface area (Å²) in [6.45, 7) is 3.63. The van der Waals surface area contributed by atoms with Crippen molar-refractivity contribution in [2.24, 2.45) is 0 Å². The third kappa shape index (κ3) is 2.97. The first-order chi connectivity index (χ1) is 11.5. The van der Waals surface area contributed by atoms with Gasteiger partial charge in [0.15, 0.2) is 0 Å². The number of carbonyl (C=O) groups is 2. The fourth-order valence-corrected chi connectivity index (χ4v) is 3.34. The maximum Gasteiger partial charge on any atom is 0.335 e. The van der Waals surface area contributed by atoms with Gasteiger partial charge >= 0.3 is 5.97 Å². The Kier molecular flexibility index (Phi) is 4.25. The second kappa shape index (κ2) is 6.35. The Balaban J connectivity index is 1.90. The third-order valence-corrected chi connectivity index (χ3v) is 4.40. The average Bonchev–Trinajstić information content (AvgIpc) is 2.55. The van der Waals surface area contributed by atoms with Gasteiger partial charge < -0.3 is 15.3 Å². The molecule has 0 aromatic heterocycles. The molecule has 0 fully saturated rings. The van der Waals surface area contributed by atoms with Crippen molar-refractivity contribution >= 4 is 23.3 Å². The van der Waals surface area contributed by atoms with Crippen LogP contribution in [0.15, 0.2) is 48.5 Å². The van der Waals surface area contributed by atoms with Gasteiger partial charge in [0.05, 0.1) is 11.6 Å². The molecule has 2 aromatic rings. The molecule has 24 heavy (non-hydrogen) atoms. The predicted octanol–water partition coefficient (Wildman–Crippen LogP) is 3.68. The summed E-state index contributed by atoms with van der Waals surface area (Å²) in [5, 5.41) is 12.4. The molecular weight excluding hydrogens is 304 g/mol. The molecule has 3 rings (SSSR count). The largest absolute Gasteiger partial charge is 0.478 e. The van der Waals surface area contributed by atoms with E-state index in [1.807, 2.05) is 36.1 Å². The van der Waals surface area contributed by atoms with Gasteiger partial charge in [0.2, 0.25) is 5.91 Å². The second-order valence-corrected chi connectivity index (χ2v) is 6.11. The number of hydrogen-bond donors (Lipinski definition) is 2. The second-order valence-electron chi connectivity index (χ2n) is 6.11. The molecule has 1 amide bonds. The molecule has 1 aliphatic rings. The Labute approximate surface area is 140 Å². The fourth-order valence-electron chi connectivity index (χ4n) is 3.34. The van der Waals surface area contributed by atoms with Crippen LogP contribution in [0.25, 0.3) is 0 Å². The Morgan fingerprint density at radius 3 is 2.42 bits per heavy atom. The maximum atomic E-state index is 12.0. The van der Waals surface area contributed by atoms with E-state index in [1.54, 1.807) is 31.2 Å². The first-order valence-electron chi connectivity index (χ1n) is 7.96. The molecule has 0 saturated carbocycles. The number of amides is 1. The molecule has 0 radical (unpaired) electrons. The molecule has 5 heteroatoms. The van der Waals surface area contributed by atoms with Crippen LogP contribution in [0.4, 0.5) is 11.4 Å². The number of carbonyl (C=O) groups excluding carboxylic acids is 1. The predicted molar refractivity (Wildman–Crippen MR) is 93.4 cm³/mol. The fraction of sp³-hybridized carbons (Fsp3) is 0.263. The van der Waals surface area contributed by atoms with Gasteiger partial charge in [-0.25, -0.2) is 4.79 Å². The highest BCUT2D eigenvalue weighted by Crippen LogP contribution is 2.38. The standard InChI is InChI=1S/C19H20N2O3/c1-12-11-17(20-15-9-7-14(8-10-15)19(23)24)16-5-3-4-6-18(16)21(12)13(2)22/h3-10,12,17,20H,11H2,1-2H3,(H,23,24)/t12-,17+/m1/s1. The SMILES string of the molecule is CC(=O)N1c2ccccc2[C@@H](Nc2ccc(C(=O)O)cc2)C[C@H]1C. The lowest BCUT2D eigenvalue weighted by molar-refractivity contribution is -0.117. The van der Waals surface area contributed by atoms with Crippen molar-refractivity contribution in [3.63, 3.8) is 0 Å². The van der Waals surface area contributed by atoms with Crippen LogP contribution in [0, 0.1) is 0 Å². The Bertz CT molecular complexity index is 770. The van der Waals surface area contributed by atoms with Crippen molar-refractivity contribution < 1.29 is 14.7 Å². The van der Waals surface area contributed by atoms with Crippen LogP contribution >= 0.6 is 0 Å². The first kappa shape index (κ1) is 16.1. The molecule has 2 aromatic carbocycles. The van der Waals surface area contributed by atoms with Crippen LogP contribution in [0.2, 0.25) is 0 Å². The van der Waals surface area contributed by atoms with Gasteiger partial charge in [-0.15, -0.1) is 0 Å². The van der Waals surface area contributed by atoms with Crippen LogP contribution in [0.1, 0.15) is 42.2 Å². The number of aromatic carboxylic acids is 1. The number of benzene rings is 2. The van der Waals surface area contributed by atoms with E-state index in [9.17, 15) is 9.59 Å². The number of nitrogens with zero attached hydrogens (tertiary/aromatic N) is 1. The molecule has 0 aliphatic carbocycles. The molecule has 0 unspecified atom stereocenters. The number of rotatable bonds is 3. The highest BCUT2D eigenvalue weighted by atomic mass is 16.4. The molecule has 0 saturated heterocycles. The minimum atomic E-state index is -0.935. The van der Waals surface area contributed by atoms with Gasteiger partial charge in [0, 0.05) is 24.3 Å². The third-order valence-electron chi connectivity index (χ3n) is 4.40. The van der Waals surface area contributed by atoms with Crippen molar-refractivity contribution in [3.8, 4) is 0 Å². The topological polar surface area (TPSA) is 69.6 Å². The highest BCUT2D eigenvalue weighted by Gasteiger charge is 2.31. The molecule has 5 nitrogen and oxygen atoms in total. The number of carboxylic acids is 1. The molecular formula is C19H20N2O3. The van der Waals surface area contributed by atoms with Crippen LogP contribution < -0.4 is 10.2 Å². The molecule has 1 heterocycles. The van der Waals surface area contributed by atoms with Crippen molar-refractivity contribution in [1.82, 2.24) is 0 Å². The van der Waals surface area contributed by atoms with Gasteiger partial charge in [-0.2, -0.15) is 0 Å². The number of para-hydroxylation sites is 1. The summed E-state index contributed by atoms with van der Waals surface area (Å²) in [7, 11) is 0. The summed E-state index contributed by atoms with van der Waals surface area (Å²) in [5.74, 6) is -0.894. The van der Waals surface area contributed by atoms with Crippen LogP contribution in [-0.4, -0.2) is 23.0 Å². The zero-order chi connectivity index (χ0) is 17.3. The zero-order valence-corrected chi connectivity index (χ0v) is 13.7. The van der Waals surface area contributed by atoms with E-state index < -0.39 is 5.97 Å². The summed E-state index contributed by atoms with van der Waals surface area (Å²) < 4.78 is 0. The zero-order valence-electron chi connectivity index (χ0n) is 13.7. The number of carboxylic acid groups (broad SMARTS) is 1. The minimum Gasteiger partial charge on any atom is -0.478 e. The van der Waals surface area contributed by atoms with E-state index in [2.05, 4.69) is 5.32 Å². The van der Waals surface area contributed by atoms with E-state index in [-0.39, 0.29) is 23.6 Å². The first-order valence-corrected chi connectivity index (χ1v) is 7.96. The number of anilines is 2. The summed E-state index contributed by atoms with van der Waals surface area (Å²) in [4.78, 5) is 24.8. The van der Waals surface area contributed by atoms with E-state index in [0.29, 0.717) is 0 Å². The lowest BCUT2D eigenvalue weighted by Crippen LogP contribution is -2.43. The molecule has 124 valence electrons. The quantitative estimate of drug-likeness (QED) is 0.903. The van der Waals surface area contributed by atoms with Crippen molar-refractivity contribution in [2.45, 2.75) is 32.4 Å². The average molecular weight is 324 g/mol. The van der Waals surface area contributed by atoms with Crippen molar-refractivity contribution in [1.29, 1.82) is 0 Å². The summed E-state index contributed by atoms with van der Waals surface area (Å²) in [5.41, 5.74) is 3.14. The lowest BCUT2D eigenvalue weighted by atomic mass is 9.91. The number of nitrogens with one attached hydrogen (secondary N) is 1. The molecule has 0 bridgehead atoms. The molecule has 1 aliphatic heterocycles. The number of hydrogen-bond acceptors (Lipinski definition) is 3. The van der Waals surface area contributed by atoms with E-state index in [1.165, 1.54) is 0 Å². The molecule has 2 N–H and O–H groups in total. The number of fused-ring (bicyclic) bond motifs is 1. The maximum absolute atomic E-state index is 12.0. The molecule has 2 atom stereocenters. The van der Waals surface area contributed by atoms with E-state index in [0.717, 1.165) is 23.4 Å². The monoisotopic (exact) mass is 324 g/mol.